The SMILES string of the molecule is C[C@@H](OC[C@@]1(c2ccccc2)CN(C)S(=O)(=O)N1)c1cc(C(F)(F)F)cc(C(F)(F)F)c1. The van der Waals surface area contributed by atoms with Gasteiger partial charge in [-0.25, -0.2) is 0 Å². The summed E-state index contributed by atoms with van der Waals surface area (Å²) in [5, 5.41) is 0. The van der Waals surface area contributed by atoms with E-state index in [4.69, 9.17) is 4.74 Å². The van der Waals surface area contributed by atoms with E-state index in [2.05, 4.69) is 4.72 Å². The van der Waals surface area contributed by atoms with Crippen molar-refractivity contribution in [3.8, 4) is 0 Å². The third-order valence-electron chi connectivity index (χ3n) is 5.21. The van der Waals surface area contributed by atoms with Crippen LogP contribution in [0.3, 0.4) is 0 Å². The van der Waals surface area contributed by atoms with Gasteiger partial charge in [0.1, 0.15) is 0 Å². The van der Waals surface area contributed by atoms with Crippen molar-refractivity contribution in [2.75, 3.05) is 20.2 Å². The van der Waals surface area contributed by atoms with Gasteiger partial charge in [-0.1, -0.05) is 30.3 Å². The quantitative estimate of drug-likeness (QED) is 0.640. The summed E-state index contributed by atoms with van der Waals surface area (Å²) in [4.78, 5) is 0. The molecule has 0 radical (unpaired) electrons. The molecule has 5 nitrogen and oxygen atoms in total. The van der Waals surface area contributed by atoms with Crippen molar-refractivity contribution in [2.45, 2.75) is 30.9 Å². The largest absolute Gasteiger partial charge is 0.416 e. The lowest BCUT2D eigenvalue weighted by Crippen LogP contribution is -2.45. The molecule has 2 aromatic carbocycles. The molecule has 0 spiro atoms. The predicted octanol–water partition coefficient (Wildman–Crippen LogP) is 4.48. The molecular weight excluding hydrogens is 462 g/mol. The van der Waals surface area contributed by atoms with Gasteiger partial charge in [0.15, 0.2) is 0 Å². The van der Waals surface area contributed by atoms with Crippen LogP contribution in [0.15, 0.2) is 48.5 Å². The first kappa shape index (κ1) is 24.5. The lowest BCUT2D eigenvalue weighted by atomic mass is 9.91. The van der Waals surface area contributed by atoms with E-state index in [0.29, 0.717) is 17.7 Å². The topological polar surface area (TPSA) is 58.6 Å². The first-order chi connectivity index (χ1) is 14.6. The minimum atomic E-state index is -4.98. The summed E-state index contributed by atoms with van der Waals surface area (Å²) in [6, 6.07) is 9.62. The van der Waals surface area contributed by atoms with Gasteiger partial charge in [-0.15, -0.1) is 0 Å². The van der Waals surface area contributed by atoms with Crippen LogP contribution in [-0.2, 0) is 32.8 Å². The van der Waals surface area contributed by atoms with Gasteiger partial charge in [-0.05, 0) is 36.2 Å². The summed E-state index contributed by atoms with van der Waals surface area (Å²) in [6.07, 6.45) is -11.1. The molecule has 2 atom stereocenters. The fourth-order valence-electron chi connectivity index (χ4n) is 3.47. The van der Waals surface area contributed by atoms with Crippen molar-refractivity contribution in [1.29, 1.82) is 0 Å². The highest BCUT2D eigenvalue weighted by Gasteiger charge is 2.47. The third-order valence-corrected chi connectivity index (χ3v) is 6.81. The van der Waals surface area contributed by atoms with Crippen LogP contribution in [0.25, 0.3) is 0 Å². The van der Waals surface area contributed by atoms with Gasteiger partial charge in [0.2, 0.25) is 0 Å². The number of nitrogens with one attached hydrogen (secondary N) is 1. The molecule has 2 aromatic rings. The van der Waals surface area contributed by atoms with E-state index in [-0.39, 0.29) is 24.8 Å². The molecule has 1 aliphatic rings. The second kappa shape index (κ2) is 8.32. The molecule has 1 saturated heterocycles. The monoisotopic (exact) mass is 482 g/mol. The first-order valence-electron chi connectivity index (χ1n) is 9.36. The van der Waals surface area contributed by atoms with E-state index in [0.717, 1.165) is 4.31 Å². The Balaban J connectivity index is 1.93. The highest BCUT2D eigenvalue weighted by molar-refractivity contribution is 7.87. The molecule has 0 bridgehead atoms. The lowest BCUT2D eigenvalue weighted by molar-refractivity contribution is -0.143. The summed E-state index contributed by atoms with van der Waals surface area (Å²) >= 11 is 0. The van der Waals surface area contributed by atoms with Gasteiger partial charge in [0, 0.05) is 13.6 Å². The summed E-state index contributed by atoms with van der Waals surface area (Å²) in [7, 11) is -2.49. The molecular formula is C20H20F6N2O3S. The number of rotatable bonds is 5. The Morgan fingerprint density at radius 3 is 2.00 bits per heavy atom. The third kappa shape index (κ3) is 5.08. The molecule has 1 aliphatic heterocycles. The van der Waals surface area contributed by atoms with Crippen LogP contribution in [0.5, 0.6) is 0 Å². The minimum absolute atomic E-state index is 0.0392. The summed E-state index contributed by atoms with van der Waals surface area (Å²) < 4.78 is 113. The highest BCUT2D eigenvalue weighted by Crippen LogP contribution is 2.38. The van der Waals surface area contributed by atoms with Crippen molar-refractivity contribution in [2.24, 2.45) is 0 Å². The molecule has 0 amide bonds. The number of nitrogens with zero attached hydrogens (tertiary/aromatic N) is 1. The predicted molar refractivity (Wildman–Crippen MR) is 104 cm³/mol. The average Bonchev–Trinajstić information content (AvgIpc) is 2.94. The highest BCUT2D eigenvalue weighted by atomic mass is 32.2. The molecule has 0 unspecified atom stereocenters. The van der Waals surface area contributed by atoms with Crippen LogP contribution in [0.2, 0.25) is 0 Å². The molecule has 32 heavy (non-hydrogen) atoms. The smallest absolute Gasteiger partial charge is 0.371 e. The standard InChI is InChI=1S/C20H20F6N2O3S/c1-13(14-8-16(19(21,22)23)10-17(9-14)20(24,25)26)31-12-18(15-6-4-3-5-7-15)11-28(2)32(29,30)27-18/h3-10,13,27H,11-12H2,1-2H3/t13-,18-/m1/s1. The Morgan fingerprint density at radius 1 is 1.03 bits per heavy atom. The van der Waals surface area contributed by atoms with Crippen molar-refractivity contribution in [3.63, 3.8) is 0 Å². The van der Waals surface area contributed by atoms with Crippen LogP contribution < -0.4 is 4.72 Å². The van der Waals surface area contributed by atoms with E-state index < -0.39 is 45.3 Å². The maximum atomic E-state index is 13.2. The number of halogens is 6. The molecule has 0 aliphatic carbocycles. The molecule has 0 aromatic heterocycles. The van der Waals surface area contributed by atoms with Crippen LogP contribution in [0.1, 0.15) is 35.3 Å². The van der Waals surface area contributed by atoms with E-state index in [1.54, 1.807) is 30.3 Å². The Hall–Kier alpha value is -2.15. The molecule has 1 heterocycles. The summed E-state index contributed by atoms with van der Waals surface area (Å²) in [5.41, 5.74) is -3.95. The zero-order chi connectivity index (χ0) is 23.9. The normalized spacial score (nSPS) is 22.8. The van der Waals surface area contributed by atoms with Crippen molar-refractivity contribution in [3.05, 3.63) is 70.8 Å². The van der Waals surface area contributed by atoms with Gasteiger partial charge >= 0.3 is 12.4 Å². The first-order valence-corrected chi connectivity index (χ1v) is 10.8. The number of likely N-dealkylation sites (N-methyl/N-ethyl adjacent to an activating group) is 1. The molecule has 1 N–H and O–H groups in total. The van der Waals surface area contributed by atoms with Crippen molar-refractivity contribution in [1.82, 2.24) is 9.03 Å². The van der Waals surface area contributed by atoms with E-state index in [1.807, 2.05) is 0 Å². The Bertz CT molecular complexity index is 1040. The van der Waals surface area contributed by atoms with Gasteiger partial charge in [0.05, 0.1) is 29.4 Å². The number of hydrogen-bond donors (Lipinski definition) is 1. The molecule has 3 rings (SSSR count). The maximum absolute atomic E-state index is 13.2. The maximum Gasteiger partial charge on any atom is 0.416 e. The van der Waals surface area contributed by atoms with Crippen LogP contribution in [0.4, 0.5) is 26.3 Å². The van der Waals surface area contributed by atoms with Gasteiger partial charge in [0.25, 0.3) is 10.2 Å². The second-order valence-electron chi connectivity index (χ2n) is 7.60. The number of alkyl halides is 6. The zero-order valence-corrected chi connectivity index (χ0v) is 17.8. The minimum Gasteiger partial charge on any atom is -0.371 e. The summed E-state index contributed by atoms with van der Waals surface area (Å²) in [5.74, 6) is 0. The lowest BCUT2D eigenvalue weighted by Gasteiger charge is -2.30. The van der Waals surface area contributed by atoms with E-state index >= 15 is 0 Å². The van der Waals surface area contributed by atoms with Gasteiger partial charge in [-0.2, -0.15) is 43.8 Å². The zero-order valence-electron chi connectivity index (χ0n) is 17.0. The van der Waals surface area contributed by atoms with Gasteiger partial charge < -0.3 is 4.74 Å². The molecule has 1 fully saturated rings. The van der Waals surface area contributed by atoms with Crippen LogP contribution in [-0.4, -0.2) is 32.9 Å². The van der Waals surface area contributed by atoms with Crippen molar-refractivity contribution < 1.29 is 39.5 Å². The Morgan fingerprint density at radius 2 is 1.56 bits per heavy atom. The number of ether oxygens (including phenoxy) is 1. The van der Waals surface area contributed by atoms with E-state index in [9.17, 15) is 34.8 Å². The Kier molecular flexibility index (Phi) is 6.37. The van der Waals surface area contributed by atoms with Crippen LogP contribution in [0, 0.1) is 0 Å². The molecule has 0 saturated carbocycles. The fraction of sp³-hybridized carbons (Fsp3) is 0.400. The fourth-order valence-corrected chi connectivity index (χ4v) is 4.75. The van der Waals surface area contributed by atoms with Crippen LogP contribution >= 0.6 is 0 Å². The van der Waals surface area contributed by atoms with E-state index in [1.165, 1.54) is 14.0 Å². The number of hydrogen-bond acceptors (Lipinski definition) is 3. The van der Waals surface area contributed by atoms with Crippen molar-refractivity contribution >= 4 is 10.2 Å². The van der Waals surface area contributed by atoms with Gasteiger partial charge in [-0.3, -0.25) is 0 Å². The average molecular weight is 482 g/mol. The Labute approximate surface area is 181 Å². The molecule has 176 valence electrons. The summed E-state index contributed by atoms with van der Waals surface area (Å²) in [6.45, 7) is 0.948. The molecule has 12 heteroatoms. The second-order valence-corrected chi connectivity index (χ2v) is 9.38. The number of benzene rings is 2.